The zero-order valence-electron chi connectivity index (χ0n) is 11.3. The molecule has 0 aliphatic rings. The average molecular weight is 303 g/mol. The van der Waals surface area contributed by atoms with Crippen molar-refractivity contribution in [2.75, 3.05) is 0 Å². The largest absolute Gasteiger partial charge is 0.480 e. The summed E-state index contributed by atoms with van der Waals surface area (Å²) in [4.78, 5) is 11.0. The number of benzene rings is 1. The molecule has 20 heavy (non-hydrogen) atoms. The summed E-state index contributed by atoms with van der Waals surface area (Å²) in [6, 6.07) is 3.02. The van der Waals surface area contributed by atoms with Crippen LogP contribution in [0.4, 0.5) is 4.39 Å². The number of carboxylic acids is 1. The normalized spacial score (nSPS) is 14.8. The van der Waals surface area contributed by atoms with E-state index >= 15 is 0 Å². The first-order valence-corrected chi connectivity index (χ1v) is 7.77. The molecule has 1 rings (SSSR count). The fourth-order valence-electron chi connectivity index (χ4n) is 1.88. The van der Waals surface area contributed by atoms with Crippen molar-refractivity contribution < 1.29 is 22.7 Å². The number of nitrogens with one attached hydrogen (secondary N) is 1. The summed E-state index contributed by atoms with van der Waals surface area (Å²) in [6.07, 6.45) is 1.34. The first-order chi connectivity index (χ1) is 9.27. The second kappa shape index (κ2) is 6.81. The third kappa shape index (κ3) is 4.28. The van der Waals surface area contributed by atoms with Crippen LogP contribution in [0.25, 0.3) is 0 Å². The molecule has 0 aliphatic carbocycles. The van der Waals surface area contributed by atoms with Crippen LogP contribution >= 0.6 is 0 Å². The molecule has 7 heteroatoms. The second-order valence-electron chi connectivity index (χ2n) is 4.66. The lowest BCUT2D eigenvalue weighted by Crippen LogP contribution is -2.45. The molecule has 0 bridgehead atoms. The van der Waals surface area contributed by atoms with Crippen LogP contribution in [0.2, 0.25) is 0 Å². The van der Waals surface area contributed by atoms with Crippen LogP contribution in [-0.4, -0.2) is 25.5 Å². The maximum atomic E-state index is 12.8. The first-order valence-electron chi connectivity index (χ1n) is 6.28. The van der Waals surface area contributed by atoms with Gasteiger partial charge in [-0.1, -0.05) is 20.3 Å². The standard InChI is InChI=1S/C13H18FNO4S/c1-3-4-9(2)12(13(16)17)15-20(18,19)11-7-5-10(14)6-8-11/h5-9,12,15H,3-4H2,1-2H3,(H,16,17). The number of carboxylic acid groups (broad SMARTS) is 1. The highest BCUT2D eigenvalue weighted by Crippen LogP contribution is 2.16. The number of hydrogen-bond acceptors (Lipinski definition) is 3. The van der Waals surface area contributed by atoms with Gasteiger partial charge in [0, 0.05) is 0 Å². The number of sulfonamides is 1. The third-order valence-electron chi connectivity index (χ3n) is 2.99. The van der Waals surface area contributed by atoms with Crippen LogP contribution in [0.3, 0.4) is 0 Å². The highest BCUT2D eigenvalue weighted by molar-refractivity contribution is 7.89. The molecule has 0 amide bonds. The summed E-state index contributed by atoms with van der Waals surface area (Å²) in [5.41, 5.74) is 0. The molecule has 0 heterocycles. The Kier molecular flexibility index (Phi) is 5.64. The highest BCUT2D eigenvalue weighted by Gasteiger charge is 2.29. The van der Waals surface area contributed by atoms with E-state index in [2.05, 4.69) is 4.72 Å². The van der Waals surface area contributed by atoms with Crippen molar-refractivity contribution in [3.63, 3.8) is 0 Å². The van der Waals surface area contributed by atoms with Gasteiger partial charge in [-0.2, -0.15) is 4.72 Å². The summed E-state index contributed by atoms with van der Waals surface area (Å²) in [5, 5.41) is 9.14. The monoisotopic (exact) mass is 303 g/mol. The number of hydrogen-bond donors (Lipinski definition) is 2. The van der Waals surface area contributed by atoms with Crippen molar-refractivity contribution in [2.24, 2.45) is 5.92 Å². The van der Waals surface area contributed by atoms with Gasteiger partial charge in [0.05, 0.1) is 4.90 Å². The number of carbonyl (C=O) groups is 1. The molecule has 1 aromatic carbocycles. The smallest absolute Gasteiger partial charge is 0.322 e. The Morgan fingerprint density at radius 2 is 1.90 bits per heavy atom. The van der Waals surface area contributed by atoms with E-state index in [-0.39, 0.29) is 10.8 Å². The average Bonchev–Trinajstić information content (AvgIpc) is 2.36. The molecule has 2 N–H and O–H groups in total. The van der Waals surface area contributed by atoms with Gasteiger partial charge in [0.25, 0.3) is 0 Å². The van der Waals surface area contributed by atoms with Crippen molar-refractivity contribution in [2.45, 2.75) is 37.6 Å². The Bertz CT molecular complexity index is 556. The van der Waals surface area contributed by atoms with Gasteiger partial charge in [-0.3, -0.25) is 4.79 Å². The molecular weight excluding hydrogens is 285 g/mol. The van der Waals surface area contributed by atoms with Gasteiger partial charge in [-0.25, -0.2) is 12.8 Å². The Morgan fingerprint density at radius 3 is 2.35 bits per heavy atom. The van der Waals surface area contributed by atoms with Crippen molar-refractivity contribution in [3.8, 4) is 0 Å². The van der Waals surface area contributed by atoms with Crippen LogP contribution < -0.4 is 4.72 Å². The number of halogens is 1. The van der Waals surface area contributed by atoms with E-state index in [1.165, 1.54) is 0 Å². The van der Waals surface area contributed by atoms with Crippen LogP contribution in [0.1, 0.15) is 26.7 Å². The van der Waals surface area contributed by atoms with Gasteiger partial charge in [-0.05, 0) is 36.6 Å². The molecule has 112 valence electrons. The maximum Gasteiger partial charge on any atom is 0.322 e. The Morgan fingerprint density at radius 1 is 1.35 bits per heavy atom. The topological polar surface area (TPSA) is 83.5 Å². The Labute approximate surface area is 117 Å². The molecule has 0 aliphatic heterocycles. The van der Waals surface area contributed by atoms with Crippen LogP contribution in [0.15, 0.2) is 29.2 Å². The van der Waals surface area contributed by atoms with E-state index in [4.69, 9.17) is 5.11 Å². The van der Waals surface area contributed by atoms with E-state index in [0.29, 0.717) is 6.42 Å². The zero-order valence-corrected chi connectivity index (χ0v) is 12.2. The van der Waals surface area contributed by atoms with Gasteiger partial charge in [-0.15, -0.1) is 0 Å². The number of aliphatic carboxylic acids is 1. The highest BCUT2D eigenvalue weighted by atomic mass is 32.2. The third-order valence-corrected chi connectivity index (χ3v) is 4.44. The van der Waals surface area contributed by atoms with Gasteiger partial charge in [0.2, 0.25) is 10.0 Å². The summed E-state index contributed by atoms with van der Waals surface area (Å²) < 4.78 is 39.1. The lowest BCUT2D eigenvalue weighted by molar-refractivity contribution is -0.140. The fourth-order valence-corrected chi connectivity index (χ4v) is 3.18. The molecular formula is C13H18FNO4S. The minimum absolute atomic E-state index is 0.158. The van der Waals surface area contributed by atoms with E-state index < -0.39 is 27.9 Å². The van der Waals surface area contributed by atoms with Crippen LogP contribution in [0.5, 0.6) is 0 Å². The molecule has 0 saturated carbocycles. The summed E-state index contributed by atoms with van der Waals surface area (Å²) in [6.45, 7) is 3.57. The molecule has 0 radical (unpaired) electrons. The first kappa shape index (κ1) is 16.6. The number of rotatable bonds is 7. The van der Waals surface area contributed by atoms with Gasteiger partial charge in [0.1, 0.15) is 11.9 Å². The summed E-state index contributed by atoms with van der Waals surface area (Å²) in [5.74, 6) is -2.12. The van der Waals surface area contributed by atoms with E-state index in [9.17, 15) is 17.6 Å². The SMILES string of the molecule is CCCC(C)C(NS(=O)(=O)c1ccc(F)cc1)C(=O)O. The van der Waals surface area contributed by atoms with E-state index in [1.807, 2.05) is 6.92 Å². The zero-order chi connectivity index (χ0) is 15.3. The van der Waals surface area contributed by atoms with Crippen LogP contribution in [-0.2, 0) is 14.8 Å². The lowest BCUT2D eigenvalue weighted by Gasteiger charge is -2.20. The summed E-state index contributed by atoms with van der Waals surface area (Å²) >= 11 is 0. The molecule has 1 aromatic rings. The van der Waals surface area contributed by atoms with E-state index in [0.717, 1.165) is 30.7 Å². The van der Waals surface area contributed by atoms with E-state index in [1.54, 1.807) is 6.92 Å². The molecule has 2 atom stereocenters. The minimum Gasteiger partial charge on any atom is -0.480 e. The van der Waals surface area contributed by atoms with Gasteiger partial charge in [0.15, 0.2) is 0 Å². The quantitative estimate of drug-likeness (QED) is 0.807. The molecule has 0 saturated heterocycles. The van der Waals surface area contributed by atoms with Crippen molar-refractivity contribution >= 4 is 16.0 Å². The molecule has 5 nitrogen and oxygen atoms in total. The molecule has 2 unspecified atom stereocenters. The summed E-state index contributed by atoms with van der Waals surface area (Å²) in [7, 11) is -3.98. The predicted molar refractivity (Wildman–Crippen MR) is 72.2 cm³/mol. The molecule has 0 fully saturated rings. The van der Waals surface area contributed by atoms with Crippen molar-refractivity contribution in [1.82, 2.24) is 4.72 Å². The lowest BCUT2D eigenvalue weighted by atomic mass is 9.98. The van der Waals surface area contributed by atoms with Crippen molar-refractivity contribution in [1.29, 1.82) is 0 Å². The Balaban J connectivity index is 2.97. The maximum absolute atomic E-state index is 12.8. The predicted octanol–water partition coefficient (Wildman–Crippen LogP) is 1.99. The van der Waals surface area contributed by atoms with Gasteiger partial charge >= 0.3 is 5.97 Å². The minimum atomic E-state index is -3.98. The molecule has 0 aromatic heterocycles. The molecule has 0 spiro atoms. The van der Waals surface area contributed by atoms with Crippen molar-refractivity contribution in [3.05, 3.63) is 30.1 Å². The van der Waals surface area contributed by atoms with Crippen LogP contribution in [0, 0.1) is 11.7 Å². The van der Waals surface area contributed by atoms with Gasteiger partial charge < -0.3 is 5.11 Å². The fraction of sp³-hybridized carbons (Fsp3) is 0.462. The second-order valence-corrected chi connectivity index (χ2v) is 6.37. The Hall–Kier alpha value is -1.47.